The highest BCUT2D eigenvalue weighted by molar-refractivity contribution is 9.10. The van der Waals surface area contributed by atoms with E-state index in [2.05, 4.69) is 49.2 Å². The molecule has 0 radical (unpaired) electrons. The fraction of sp³-hybridized carbons (Fsp3) is 0.364. The molecule has 0 aliphatic heterocycles. The Morgan fingerprint density at radius 2 is 2.44 bits per heavy atom. The quantitative estimate of drug-likeness (QED) is 0.941. The minimum absolute atomic E-state index is 0.166. The summed E-state index contributed by atoms with van der Waals surface area (Å²) in [6, 6.07) is 2.24. The van der Waals surface area contributed by atoms with Gasteiger partial charge in [0.15, 0.2) is 0 Å². The lowest BCUT2D eigenvalue weighted by Gasteiger charge is -2.16. The first kappa shape index (κ1) is 11.8. The van der Waals surface area contributed by atoms with Gasteiger partial charge in [0.2, 0.25) is 0 Å². The van der Waals surface area contributed by atoms with E-state index in [0.29, 0.717) is 0 Å². The standard InChI is InChI=1S/C11H14BrN3S/c1-3-13-9(10-8(12)4-7-16-10)11-14-5-6-15(11)2/h4-7,9,13H,3H2,1-2H3. The molecule has 2 rings (SSSR count). The van der Waals surface area contributed by atoms with Gasteiger partial charge in [0.1, 0.15) is 11.9 Å². The fourth-order valence-electron chi connectivity index (χ4n) is 1.67. The Kier molecular flexibility index (Phi) is 3.78. The van der Waals surface area contributed by atoms with Gasteiger partial charge in [-0.2, -0.15) is 0 Å². The molecular formula is C11H14BrN3S. The highest BCUT2D eigenvalue weighted by Crippen LogP contribution is 2.32. The molecule has 1 N–H and O–H groups in total. The molecule has 0 spiro atoms. The van der Waals surface area contributed by atoms with Crippen molar-refractivity contribution in [1.82, 2.24) is 14.9 Å². The number of nitrogens with one attached hydrogen (secondary N) is 1. The molecule has 0 amide bonds. The van der Waals surface area contributed by atoms with Gasteiger partial charge in [-0.15, -0.1) is 11.3 Å². The van der Waals surface area contributed by atoms with Crippen molar-refractivity contribution < 1.29 is 0 Å². The fourth-order valence-corrected chi connectivity index (χ4v) is 3.34. The molecule has 0 aliphatic carbocycles. The minimum Gasteiger partial charge on any atom is -0.336 e. The second kappa shape index (κ2) is 5.12. The number of hydrogen-bond acceptors (Lipinski definition) is 3. The van der Waals surface area contributed by atoms with Gasteiger partial charge in [-0.3, -0.25) is 0 Å². The Balaban J connectivity index is 2.39. The third-order valence-electron chi connectivity index (χ3n) is 2.43. The predicted octanol–water partition coefficient (Wildman–Crippen LogP) is 2.94. The molecule has 0 saturated carbocycles. The normalized spacial score (nSPS) is 12.9. The summed E-state index contributed by atoms with van der Waals surface area (Å²) >= 11 is 5.32. The third kappa shape index (κ3) is 2.21. The van der Waals surface area contributed by atoms with Crippen LogP contribution in [0.1, 0.15) is 23.7 Å². The van der Waals surface area contributed by atoms with Crippen molar-refractivity contribution in [3.8, 4) is 0 Å². The number of halogens is 1. The van der Waals surface area contributed by atoms with Crippen LogP contribution in [0, 0.1) is 0 Å². The van der Waals surface area contributed by atoms with E-state index in [4.69, 9.17) is 0 Å². The lowest BCUT2D eigenvalue weighted by molar-refractivity contribution is 0.583. The number of nitrogens with zero attached hydrogens (tertiary/aromatic N) is 2. The summed E-state index contributed by atoms with van der Waals surface area (Å²) in [7, 11) is 2.02. The molecule has 2 aromatic rings. The van der Waals surface area contributed by atoms with Crippen molar-refractivity contribution in [3.63, 3.8) is 0 Å². The molecule has 5 heteroatoms. The first-order valence-corrected chi connectivity index (χ1v) is 6.84. The van der Waals surface area contributed by atoms with Crippen molar-refractivity contribution in [3.05, 3.63) is 39.0 Å². The van der Waals surface area contributed by atoms with E-state index in [0.717, 1.165) is 16.8 Å². The van der Waals surface area contributed by atoms with E-state index in [1.54, 1.807) is 11.3 Å². The maximum atomic E-state index is 4.42. The molecule has 1 atom stereocenters. The summed E-state index contributed by atoms with van der Waals surface area (Å²) in [6.07, 6.45) is 3.81. The van der Waals surface area contributed by atoms with Crippen molar-refractivity contribution in [2.24, 2.45) is 7.05 Å². The monoisotopic (exact) mass is 299 g/mol. The molecule has 16 heavy (non-hydrogen) atoms. The Bertz CT molecular complexity index is 423. The minimum atomic E-state index is 0.166. The summed E-state index contributed by atoms with van der Waals surface area (Å²) in [4.78, 5) is 5.69. The molecule has 86 valence electrons. The van der Waals surface area contributed by atoms with Crippen LogP contribution in [0.25, 0.3) is 0 Å². The zero-order valence-corrected chi connectivity index (χ0v) is 11.7. The number of aromatic nitrogens is 2. The Morgan fingerprint density at radius 3 is 2.94 bits per heavy atom. The van der Waals surface area contributed by atoms with Gasteiger partial charge in [-0.05, 0) is 33.9 Å². The van der Waals surface area contributed by atoms with Crippen molar-refractivity contribution in [2.45, 2.75) is 13.0 Å². The molecule has 0 fully saturated rings. The average molecular weight is 300 g/mol. The lowest BCUT2D eigenvalue weighted by Crippen LogP contribution is -2.24. The van der Waals surface area contributed by atoms with E-state index in [9.17, 15) is 0 Å². The topological polar surface area (TPSA) is 29.9 Å². The Hall–Kier alpha value is -0.650. The van der Waals surface area contributed by atoms with Crippen LogP contribution in [0.4, 0.5) is 0 Å². The SMILES string of the molecule is CCNC(c1sccc1Br)c1nccn1C. The smallest absolute Gasteiger partial charge is 0.131 e. The second-order valence-electron chi connectivity index (χ2n) is 3.52. The number of aryl methyl sites for hydroxylation is 1. The molecule has 3 nitrogen and oxygen atoms in total. The van der Waals surface area contributed by atoms with E-state index in [-0.39, 0.29) is 6.04 Å². The van der Waals surface area contributed by atoms with Gasteiger partial charge in [-0.25, -0.2) is 4.98 Å². The summed E-state index contributed by atoms with van der Waals surface area (Å²) in [5.74, 6) is 1.05. The van der Waals surface area contributed by atoms with Crippen LogP contribution in [0.3, 0.4) is 0 Å². The number of imidazole rings is 1. The van der Waals surface area contributed by atoms with Crippen molar-refractivity contribution in [2.75, 3.05) is 6.54 Å². The highest BCUT2D eigenvalue weighted by Gasteiger charge is 2.20. The third-order valence-corrected chi connectivity index (χ3v) is 4.37. The number of thiophene rings is 1. The average Bonchev–Trinajstić information content (AvgIpc) is 2.84. The van der Waals surface area contributed by atoms with E-state index < -0.39 is 0 Å². The zero-order chi connectivity index (χ0) is 11.5. The number of hydrogen-bond donors (Lipinski definition) is 1. The Labute approximate surface area is 108 Å². The van der Waals surface area contributed by atoms with Crippen LogP contribution in [-0.4, -0.2) is 16.1 Å². The maximum Gasteiger partial charge on any atom is 0.131 e. The van der Waals surface area contributed by atoms with Crippen LogP contribution in [-0.2, 0) is 7.05 Å². The maximum absolute atomic E-state index is 4.42. The predicted molar refractivity (Wildman–Crippen MR) is 70.7 cm³/mol. The van der Waals surface area contributed by atoms with Gasteiger partial charge < -0.3 is 9.88 Å². The van der Waals surface area contributed by atoms with Gasteiger partial charge in [0.05, 0.1) is 0 Å². The van der Waals surface area contributed by atoms with Crippen LogP contribution >= 0.6 is 27.3 Å². The van der Waals surface area contributed by atoms with Crippen molar-refractivity contribution in [1.29, 1.82) is 0 Å². The van der Waals surface area contributed by atoms with E-state index in [1.165, 1.54) is 4.88 Å². The lowest BCUT2D eigenvalue weighted by atomic mass is 10.2. The molecule has 0 aromatic carbocycles. The zero-order valence-electron chi connectivity index (χ0n) is 9.27. The first-order valence-electron chi connectivity index (χ1n) is 5.17. The highest BCUT2D eigenvalue weighted by atomic mass is 79.9. The van der Waals surface area contributed by atoms with Gasteiger partial charge in [-0.1, -0.05) is 6.92 Å². The van der Waals surface area contributed by atoms with Crippen LogP contribution in [0.15, 0.2) is 28.3 Å². The molecule has 0 bridgehead atoms. The van der Waals surface area contributed by atoms with Gasteiger partial charge in [0.25, 0.3) is 0 Å². The largest absolute Gasteiger partial charge is 0.336 e. The van der Waals surface area contributed by atoms with Gasteiger partial charge in [0, 0.05) is 28.8 Å². The van der Waals surface area contributed by atoms with E-state index >= 15 is 0 Å². The van der Waals surface area contributed by atoms with Crippen LogP contribution in [0.5, 0.6) is 0 Å². The van der Waals surface area contributed by atoms with E-state index in [1.807, 2.05) is 19.4 Å². The molecule has 0 aliphatic rings. The molecular weight excluding hydrogens is 286 g/mol. The molecule has 2 heterocycles. The van der Waals surface area contributed by atoms with Crippen LogP contribution < -0.4 is 5.32 Å². The molecule has 1 unspecified atom stereocenters. The summed E-state index contributed by atoms with van der Waals surface area (Å²) in [5.41, 5.74) is 0. The first-order chi connectivity index (χ1) is 7.74. The van der Waals surface area contributed by atoms with Gasteiger partial charge >= 0.3 is 0 Å². The molecule has 0 saturated heterocycles. The van der Waals surface area contributed by atoms with Crippen molar-refractivity contribution >= 4 is 27.3 Å². The van der Waals surface area contributed by atoms with Crippen LogP contribution in [0.2, 0.25) is 0 Å². The second-order valence-corrected chi connectivity index (χ2v) is 5.32. The summed E-state index contributed by atoms with van der Waals surface area (Å²) in [5, 5.41) is 5.56. The Morgan fingerprint density at radius 1 is 1.62 bits per heavy atom. The number of rotatable bonds is 4. The summed E-state index contributed by atoms with van der Waals surface area (Å²) < 4.78 is 3.20. The summed E-state index contributed by atoms with van der Waals surface area (Å²) in [6.45, 7) is 3.03. The molecule has 2 aromatic heterocycles.